The highest BCUT2D eigenvalue weighted by molar-refractivity contribution is 7.98. The molecule has 0 bridgehead atoms. The van der Waals surface area contributed by atoms with Crippen LogP contribution in [-0.2, 0) is 5.75 Å². The van der Waals surface area contributed by atoms with E-state index in [-0.39, 0.29) is 11.3 Å². The molecule has 3 aromatic rings. The van der Waals surface area contributed by atoms with Crippen LogP contribution in [0.5, 0.6) is 5.75 Å². The van der Waals surface area contributed by atoms with E-state index in [4.69, 9.17) is 4.74 Å². The Morgan fingerprint density at radius 2 is 1.91 bits per heavy atom. The van der Waals surface area contributed by atoms with Gasteiger partial charge in [0.2, 0.25) is 5.16 Å². The third kappa shape index (κ3) is 3.31. The lowest BCUT2D eigenvalue weighted by atomic mass is 10.2. The van der Waals surface area contributed by atoms with E-state index < -0.39 is 11.6 Å². The van der Waals surface area contributed by atoms with Crippen LogP contribution in [0.4, 0.5) is 8.78 Å². The van der Waals surface area contributed by atoms with Crippen molar-refractivity contribution in [3.63, 3.8) is 0 Å². The molecule has 23 heavy (non-hydrogen) atoms. The number of tetrazole rings is 1. The summed E-state index contributed by atoms with van der Waals surface area (Å²) >= 11 is 1.22. The molecule has 2 aromatic carbocycles. The lowest BCUT2D eigenvalue weighted by Crippen LogP contribution is -2.00. The van der Waals surface area contributed by atoms with Gasteiger partial charge < -0.3 is 4.74 Å². The number of aromatic nitrogens is 4. The maximum Gasteiger partial charge on any atom is 0.214 e. The number of methoxy groups -OCH3 is 1. The molecule has 0 aliphatic carbocycles. The van der Waals surface area contributed by atoms with Gasteiger partial charge in [0.15, 0.2) is 11.6 Å². The average molecular weight is 334 g/mol. The molecule has 5 nitrogen and oxygen atoms in total. The molecule has 0 aliphatic heterocycles. The topological polar surface area (TPSA) is 52.8 Å². The first-order valence-corrected chi connectivity index (χ1v) is 7.66. The second-order valence-electron chi connectivity index (χ2n) is 4.57. The van der Waals surface area contributed by atoms with Crippen LogP contribution in [0.3, 0.4) is 0 Å². The van der Waals surface area contributed by atoms with Crippen molar-refractivity contribution in [2.45, 2.75) is 10.9 Å². The zero-order valence-corrected chi connectivity index (χ0v) is 12.9. The van der Waals surface area contributed by atoms with Crippen molar-refractivity contribution in [1.29, 1.82) is 0 Å². The van der Waals surface area contributed by atoms with Crippen LogP contribution in [0.2, 0.25) is 0 Å². The number of rotatable bonds is 5. The van der Waals surface area contributed by atoms with Gasteiger partial charge in [-0.15, -0.1) is 5.10 Å². The van der Waals surface area contributed by atoms with E-state index in [0.717, 1.165) is 17.5 Å². The molecule has 1 aromatic heterocycles. The first kappa shape index (κ1) is 15.4. The van der Waals surface area contributed by atoms with Crippen molar-refractivity contribution in [3.05, 3.63) is 59.7 Å². The second kappa shape index (κ2) is 6.74. The fraction of sp³-hybridized carbons (Fsp3) is 0.133. The Morgan fingerprint density at radius 1 is 1.13 bits per heavy atom. The smallest absolute Gasteiger partial charge is 0.214 e. The summed E-state index contributed by atoms with van der Waals surface area (Å²) < 4.78 is 33.5. The molecule has 1 heterocycles. The van der Waals surface area contributed by atoms with E-state index in [0.29, 0.717) is 5.16 Å². The molecule has 0 amide bonds. The highest BCUT2D eigenvalue weighted by Crippen LogP contribution is 2.25. The molecule has 0 fully saturated rings. The van der Waals surface area contributed by atoms with Gasteiger partial charge in [-0.2, -0.15) is 4.68 Å². The summed E-state index contributed by atoms with van der Waals surface area (Å²) in [6.45, 7) is 0. The predicted molar refractivity (Wildman–Crippen MR) is 81.6 cm³/mol. The third-order valence-corrected chi connectivity index (χ3v) is 4.11. The molecule has 0 spiro atoms. The van der Waals surface area contributed by atoms with Gasteiger partial charge in [-0.3, -0.25) is 0 Å². The summed E-state index contributed by atoms with van der Waals surface area (Å²) in [6, 6.07) is 11.3. The van der Waals surface area contributed by atoms with E-state index in [1.807, 2.05) is 12.1 Å². The van der Waals surface area contributed by atoms with Crippen LogP contribution in [-0.4, -0.2) is 27.3 Å². The van der Waals surface area contributed by atoms with Crippen molar-refractivity contribution < 1.29 is 13.5 Å². The van der Waals surface area contributed by atoms with Crippen molar-refractivity contribution in [2.75, 3.05) is 7.11 Å². The minimum Gasteiger partial charge on any atom is -0.497 e. The quantitative estimate of drug-likeness (QED) is 0.671. The number of halogens is 2. The van der Waals surface area contributed by atoms with Crippen LogP contribution in [0.25, 0.3) is 5.69 Å². The van der Waals surface area contributed by atoms with E-state index >= 15 is 0 Å². The molecule has 0 unspecified atom stereocenters. The molecule has 0 saturated heterocycles. The monoisotopic (exact) mass is 334 g/mol. The first-order chi connectivity index (χ1) is 11.2. The molecule has 0 saturated carbocycles. The fourth-order valence-electron chi connectivity index (χ4n) is 1.96. The van der Waals surface area contributed by atoms with Crippen LogP contribution < -0.4 is 4.74 Å². The molecular weight excluding hydrogens is 322 g/mol. The van der Waals surface area contributed by atoms with Crippen LogP contribution in [0.15, 0.2) is 47.6 Å². The molecule has 8 heteroatoms. The maximum absolute atomic E-state index is 13.7. The van der Waals surface area contributed by atoms with Crippen molar-refractivity contribution in [2.24, 2.45) is 0 Å². The van der Waals surface area contributed by atoms with Crippen molar-refractivity contribution in [1.82, 2.24) is 20.2 Å². The summed E-state index contributed by atoms with van der Waals surface area (Å²) in [6.07, 6.45) is 0. The number of ether oxygens (including phenoxy) is 1. The average Bonchev–Trinajstić information content (AvgIpc) is 3.05. The Kier molecular flexibility index (Phi) is 4.52. The molecule has 0 aliphatic rings. The van der Waals surface area contributed by atoms with Crippen LogP contribution in [0.1, 0.15) is 5.56 Å². The van der Waals surface area contributed by atoms with Crippen LogP contribution in [0, 0.1) is 11.6 Å². The van der Waals surface area contributed by atoms with Gasteiger partial charge in [-0.25, -0.2) is 8.78 Å². The molecule has 118 valence electrons. The molecule has 0 N–H and O–H groups in total. The van der Waals surface area contributed by atoms with E-state index in [9.17, 15) is 8.78 Å². The van der Waals surface area contributed by atoms with Gasteiger partial charge in [-0.1, -0.05) is 23.9 Å². The highest BCUT2D eigenvalue weighted by atomic mass is 32.2. The van der Waals surface area contributed by atoms with Gasteiger partial charge >= 0.3 is 0 Å². The Bertz CT molecular complexity index is 807. The lowest BCUT2D eigenvalue weighted by molar-refractivity contribution is 0.414. The third-order valence-electron chi connectivity index (χ3n) is 3.15. The van der Waals surface area contributed by atoms with E-state index in [1.54, 1.807) is 19.2 Å². The summed E-state index contributed by atoms with van der Waals surface area (Å²) in [5, 5.41) is 12.0. The Hall–Kier alpha value is -2.48. The number of hydrogen-bond donors (Lipinski definition) is 0. The summed E-state index contributed by atoms with van der Waals surface area (Å²) in [7, 11) is 1.58. The van der Waals surface area contributed by atoms with Gasteiger partial charge in [0.05, 0.1) is 12.8 Å². The highest BCUT2D eigenvalue weighted by Gasteiger charge is 2.12. The largest absolute Gasteiger partial charge is 0.497 e. The minimum atomic E-state index is -0.863. The summed E-state index contributed by atoms with van der Waals surface area (Å²) in [5.41, 5.74) is 1.01. The molecular formula is C15H12F2N4OS. The van der Waals surface area contributed by atoms with Crippen molar-refractivity contribution in [3.8, 4) is 11.4 Å². The Labute approximate surface area is 135 Å². The second-order valence-corrected chi connectivity index (χ2v) is 5.52. The van der Waals surface area contributed by atoms with Crippen molar-refractivity contribution >= 4 is 11.8 Å². The molecule has 3 rings (SSSR count). The molecule has 0 radical (unpaired) electrons. The first-order valence-electron chi connectivity index (χ1n) is 6.67. The zero-order valence-electron chi connectivity index (χ0n) is 12.1. The minimum absolute atomic E-state index is 0.222. The number of thioether (sulfide) groups is 1. The number of hydrogen-bond acceptors (Lipinski definition) is 5. The van der Waals surface area contributed by atoms with Gasteiger partial charge in [-0.05, 0) is 40.8 Å². The summed E-state index contributed by atoms with van der Waals surface area (Å²) in [5.74, 6) is -0.765. The predicted octanol–water partition coefficient (Wildman–Crippen LogP) is 3.24. The molecule has 0 atom stereocenters. The van der Waals surface area contributed by atoms with E-state index in [1.165, 1.54) is 28.6 Å². The normalized spacial score (nSPS) is 10.7. The fourth-order valence-corrected chi connectivity index (χ4v) is 2.82. The summed E-state index contributed by atoms with van der Waals surface area (Å²) in [4.78, 5) is 0. The van der Waals surface area contributed by atoms with Crippen LogP contribution >= 0.6 is 11.8 Å². The SMILES string of the molecule is COc1ccc(-n2nnnc2SCc2cccc(F)c2F)cc1. The Morgan fingerprint density at radius 3 is 2.65 bits per heavy atom. The number of benzene rings is 2. The maximum atomic E-state index is 13.7. The standard InChI is InChI=1S/C15H12F2N4OS/c1-22-12-7-5-11(6-8-12)21-15(18-19-20-21)23-9-10-3-2-4-13(16)14(10)17/h2-8H,9H2,1H3. The van der Waals surface area contributed by atoms with E-state index in [2.05, 4.69) is 15.5 Å². The Balaban J connectivity index is 1.79. The number of nitrogens with zero attached hydrogens (tertiary/aromatic N) is 4. The van der Waals surface area contributed by atoms with Gasteiger partial charge in [0, 0.05) is 11.3 Å². The zero-order chi connectivity index (χ0) is 16.2. The lowest BCUT2D eigenvalue weighted by Gasteiger charge is -2.06. The van der Waals surface area contributed by atoms with Gasteiger partial charge in [0.1, 0.15) is 5.75 Å². The van der Waals surface area contributed by atoms with Gasteiger partial charge in [0.25, 0.3) is 0 Å².